The molecule has 5 heteroatoms. The van der Waals surface area contributed by atoms with E-state index in [1.807, 2.05) is 78.9 Å². The quantitative estimate of drug-likeness (QED) is 0.145. The lowest BCUT2D eigenvalue weighted by atomic mass is 9.74. The van der Waals surface area contributed by atoms with E-state index in [1.165, 1.54) is 5.56 Å². The fourth-order valence-corrected chi connectivity index (χ4v) is 6.67. The molecule has 0 aliphatic carbocycles. The lowest BCUT2D eigenvalue weighted by molar-refractivity contribution is -0.785. The molecule has 1 heterocycles. The summed E-state index contributed by atoms with van der Waals surface area (Å²) in [7, 11) is 0. The van der Waals surface area contributed by atoms with E-state index in [2.05, 4.69) is 125 Å². The Hall–Kier alpha value is -6.07. The van der Waals surface area contributed by atoms with Gasteiger partial charge in [-0.05, 0) is 41.3 Å². The Bertz CT molecular complexity index is 2060. The number of rotatable bonds is 11. The second-order valence-electron chi connectivity index (χ2n) is 12.5. The molecule has 5 nitrogen and oxygen atoms in total. The molecule has 0 unspecified atom stereocenters. The number of hydrogen-bond donors (Lipinski definition) is 1. The summed E-state index contributed by atoms with van der Waals surface area (Å²) in [5.74, 6) is -0.158. The summed E-state index contributed by atoms with van der Waals surface area (Å²) in [4.78, 5) is 14.4. The molecule has 7 aromatic rings. The Morgan fingerprint density at radius 2 is 1.14 bits per heavy atom. The Morgan fingerprint density at radius 1 is 0.653 bits per heavy atom. The zero-order valence-electron chi connectivity index (χ0n) is 27.6. The minimum Gasteiger partial charge on any atom is -0.334 e. The summed E-state index contributed by atoms with van der Waals surface area (Å²) in [6, 6.07) is 59.2. The zero-order valence-corrected chi connectivity index (χ0v) is 27.6. The summed E-state index contributed by atoms with van der Waals surface area (Å²) in [5, 5.41) is 8.99. The van der Waals surface area contributed by atoms with E-state index in [9.17, 15) is 4.79 Å². The smallest absolute Gasteiger partial charge is 0.252 e. The first-order valence-electron chi connectivity index (χ1n) is 16.7. The van der Waals surface area contributed by atoms with E-state index < -0.39 is 5.54 Å². The SMILES string of the molecule is Cc1ccc(-c2c[n+]([C@@H](Cc3ccccc3)C(NC(=O)c3ccccc3)(c3ccccc3)c3ccccc3)nn2Cc2ccccc2)cc1. The molecular weight excluding hydrogens is 601 g/mol. The second-order valence-corrected chi connectivity index (χ2v) is 12.5. The third-order valence-electron chi connectivity index (χ3n) is 9.16. The Morgan fingerprint density at radius 3 is 1.69 bits per heavy atom. The number of aromatic nitrogens is 3. The summed E-state index contributed by atoms with van der Waals surface area (Å²) >= 11 is 0. The lowest BCUT2D eigenvalue weighted by Crippen LogP contribution is -2.62. The molecule has 1 aromatic heterocycles. The number of benzene rings is 6. The highest BCUT2D eigenvalue weighted by molar-refractivity contribution is 5.95. The molecule has 0 aliphatic rings. The fraction of sp³-hybridized carbons (Fsp3) is 0.114. The molecule has 49 heavy (non-hydrogen) atoms. The van der Waals surface area contributed by atoms with Gasteiger partial charge in [0.25, 0.3) is 5.91 Å². The van der Waals surface area contributed by atoms with Crippen molar-refractivity contribution in [3.63, 3.8) is 0 Å². The van der Waals surface area contributed by atoms with Gasteiger partial charge in [0, 0.05) is 17.5 Å². The average Bonchev–Trinajstić information content (AvgIpc) is 3.58. The first-order chi connectivity index (χ1) is 24.1. The van der Waals surface area contributed by atoms with Gasteiger partial charge in [0.2, 0.25) is 0 Å². The Labute approximate surface area is 288 Å². The van der Waals surface area contributed by atoms with Crippen molar-refractivity contribution >= 4 is 5.91 Å². The predicted octanol–water partition coefficient (Wildman–Crippen LogP) is 8.35. The number of nitrogens with zero attached hydrogens (tertiary/aromatic N) is 3. The Balaban J connectivity index is 1.49. The number of nitrogens with one attached hydrogen (secondary N) is 1. The van der Waals surface area contributed by atoms with Crippen molar-refractivity contribution in [3.8, 4) is 11.3 Å². The molecular formula is C44H39N4O+. The van der Waals surface area contributed by atoms with Gasteiger partial charge in [0.15, 0.2) is 17.9 Å². The molecule has 1 atom stereocenters. The number of carbonyl (C=O) groups is 1. The molecule has 0 bridgehead atoms. The predicted molar refractivity (Wildman–Crippen MR) is 195 cm³/mol. The van der Waals surface area contributed by atoms with Gasteiger partial charge in [-0.25, -0.2) is 0 Å². The van der Waals surface area contributed by atoms with Gasteiger partial charge >= 0.3 is 0 Å². The van der Waals surface area contributed by atoms with Gasteiger partial charge in [-0.15, -0.1) is 9.36 Å². The lowest BCUT2D eigenvalue weighted by Gasteiger charge is -2.40. The molecule has 0 radical (unpaired) electrons. The van der Waals surface area contributed by atoms with Crippen LogP contribution in [0.15, 0.2) is 182 Å². The fourth-order valence-electron chi connectivity index (χ4n) is 6.67. The molecule has 0 aliphatic heterocycles. The number of carbonyl (C=O) groups excluding carboxylic acids is 1. The molecule has 0 fully saturated rings. The molecule has 0 saturated heterocycles. The van der Waals surface area contributed by atoms with Crippen LogP contribution in [0.5, 0.6) is 0 Å². The van der Waals surface area contributed by atoms with E-state index in [-0.39, 0.29) is 11.9 Å². The van der Waals surface area contributed by atoms with Crippen molar-refractivity contribution in [3.05, 3.63) is 216 Å². The van der Waals surface area contributed by atoms with Crippen molar-refractivity contribution in [2.24, 2.45) is 0 Å². The van der Waals surface area contributed by atoms with E-state index >= 15 is 0 Å². The van der Waals surface area contributed by atoms with Crippen LogP contribution in [0.25, 0.3) is 11.3 Å². The summed E-state index contributed by atoms with van der Waals surface area (Å²) < 4.78 is 4.16. The number of hydrogen-bond acceptors (Lipinski definition) is 2. The van der Waals surface area contributed by atoms with Crippen LogP contribution in [-0.2, 0) is 18.5 Å². The Kier molecular flexibility index (Phi) is 9.24. The topological polar surface area (TPSA) is 50.8 Å². The summed E-state index contributed by atoms with van der Waals surface area (Å²) in [6.07, 6.45) is 2.75. The van der Waals surface area contributed by atoms with E-state index in [4.69, 9.17) is 5.21 Å². The highest BCUT2D eigenvalue weighted by atomic mass is 16.1. The maximum Gasteiger partial charge on any atom is 0.252 e. The minimum absolute atomic E-state index is 0.158. The van der Waals surface area contributed by atoms with Gasteiger partial charge in [0.1, 0.15) is 12.1 Å². The van der Waals surface area contributed by atoms with Crippen molar-refractivity contribution in [1.29, 1.82) is 0 Å². The van der Waals surface area contributed by atoms with Gasteiger partial charge in [-0.3, -0.25) is 4.79 Å². The van der Waals surface area contributed by atoms with Crippen LogP contribution in [-0.4, -0.2) is 15.8 Å². The third-order valence-corrected chi connectivity index (χ3v) is 9.16. The van der Waals surface area contributed by atoms with E-state index in [0.29, 0.717) is 18.5 Å². The summed E-state index contributed by atoms with van der Waals surface area (Å²) in [5.41, 5.74) is 7.06. The van der Waals surface area contributed by atoms with Gasteiger partial charge in [-0.1, -0.05) is 169 Å². The van der Waals surface area contributed by atoms with Gasteiger partial charge < -0.3 is 5.32 Å². The first kappa shape index (κ1) is 31.5. The minimum atomic E-state index is -1.02. The highest BCUT2D eigenvalue weighted by Gasteiger charge is 2.49. The van der Waals surface area contributed by atoms with Crippen molar-refractivity contribution in [2.75, 3.05) is 0 Å². The van der Waals surface area contributed by atoms with Gasteiger partial charge in [-0.2, -0.15) is 0 Å². The van der Waals surface area contributed by atoms with Crippen LogP contribution < -0.4 is 10.00 Å². The summed E-state index contributed by atoms with van der Waals surface area (Å²) in [6.45, 7) is 2.69. The van der Waals surface area contributed by atoms with Crippen LogP contribution in [0.2, 0.25) is 0 Å². The maximum absolute atomic E-state index is 14.4. The van der Waals surface area contributed by atoms with E-state index in [0.717, 1.165) is 33.5 Å². The molecule has 240 valence electrons. The van der Waals surface area contributed by atoms with E-state index in [1.54, 1.807) is 0 Å². The average molecular weight is 640 g/mol. The number of aryl methyl sites for hydroxylation is 1. The monoisotopic (exact) mass is 639 g/mol. The first-order valence-corrected chi connectivity index (χ1v) is 16.7. The van der Waals surface area contributed by atoms with Crippen molar-refractivity contribution < 1.29 is 9.48 Å². The van der Waals surface area contributed by atoms with Gasteiger partial charge in [0.05, 0.1) is 5.21 Å². The maximum atomic E-state index is 14.4. The molecule has 7 rings (SSSR count). The van der Waals surface area contributed by atoms with Crippen LogP contribution in [0.3, 0.4) is 0 Å². The third kappa shape index (κ3) is 6.83. The molecule has 0 spiro atoms. The molecule has 1 amide bonds. The largest absolute Gasteiger partial charge is 0.334 e. The number of amides is 1. The van der Waals surface area contributed by atoms with Crippen LogP contribution in [0.1, 0.15) is 44.2 Å². The molecule has 0 saturated carbocycles. The van der Waals surface area contributed by atoms with Crippen LogP contribution in [0.4, 0.5) is 0 Å². The second kappa shape index (κ2) is 14.4. The normalized spacial score (nSPS) is 11.9. The molecule has 6 aromatic carbocycles. The zero-order chi connectivity index (χ0) is 33.5. The standard InChI is InChI=1S/C44H38N4O/c1-34-27-29-37(30-28-34)41-33-48(46-47(41)32-36-19-9-3-10-20-36)42(31-35-17-7-2-8-18-35)44(39-23-13-5-14-24-39,40-25-15-6-16-26-40)45-43(49)38-21-11-4-12-22-38/h2-30,33,42H,31-32H2,1H3/p+1/t42-/m0/s1. The van der Waals surface area contributed by atoms with Crippen molar-refractivity contribution in [1.82, 2.24) is 15.2 Å². The highest BCUT2D eigenvalue weighted by Crippen LogP contribution is 2.40. The van der Waals surface area contributed by atoms with Crippen LogP contribution >= 0.6 is 0 Å². The van der Waals surface area contributed by atoms with Crippen molar-refractivity contribution in [2.45, 2.75) is 31.5 Å². The van der Waals surface area contributed by atoms with Crippen LogP contribution in [0, 0.1) is 6.92 Å². The molecule has 1 N–H and O–H groups in total.